The maximum absolute atomic E-state index is 11.2. The molecule has 1 fully saturated rings. The fraction of sp³-hybridized carbons (Fsp3) is 0.323. The molecule has 1 atom stereocenters. The van der Waals surface area contributed by atoms with Crippen LogP contribution in [-0.2, 0) is 4.79 Å². The molecular formula is C31H40N7OSb. The Balaban J connectivity index is 0.000000285. The molecule has 4 aromatic rings. The van der Waals surface area contributed by atoms with Crippen molar-refractivity contribution in [3.8, 4) is 0 Å². The molecule has 0 bridgehead atoms. The topological polar surface area (TPSA) is 88.8 Å². The number of amides is 1. The summed E-state index contributed by atoms with van der Waals surface area (Å²) in [6, 6.07) is 22.1. The summed E-state index contributed by atoms with van der Waals surface area (Å²) in [5.41, 5.74) is 6.11. The second-order valence-corrected chi connectivity index (χ2v) is 9.58. The van der Waals surface area contributed by atoms with E-state index >= 15 is 0 Å². The second kappa shape index (κ2) is 15.3. The average molecular weight is 648 g/mol. The normalized spacial score (nSPS) is 14.2. The third-order valence-electron chi connectivity index (χ3n) is 6.92. The summed E-state index contributed by atoms with van der Waals surface area (Å²) in [7, 11) is 7.85. The molecule has 2 radical (unpaired) electrons. The van der Waals surface area contributed by atoms with E-state index in [4.69, 9.17) is 10.4 Å². The summed E-state index contributed by atoms with van der Waals surface area (Å²) in [5.74, 6) is 1.11. The van der Waals surface area contributed by atoms with Crippen molar-refractivity contribution in [2.45, 2.75) is 23.6 Å². The van der Waals surface area contributed by atoms with Crippen molar-refractivity contribution in [3.05, 3.63) is 90.0 Å². The molecule has 1 aliphatic rings. The van der Waals surface area contributed by atoms with Crippen LogP contribution in [0.25, 0.3) is 5.52 Å². The van der Waals surface area contributed by atoms with Gasteiger partial charge in [-0.25, -0.2) is 4.98 Å². The van der Waals surface area contributed by atoms with Crippen molar-refractivity contribution in [2.75, 3.05) is 56.8 Å². The minimum absolute atomic E-state index is 0.181. The molecule has 0 saturated carbocycles. The van der Waals surface area contributed by atoms with Crippen LogP contribution in [0.5, 0.6) is 0 Å². The van der Waals surface area contributed by atoms with Gasteiger partial charge < -0.3 is 24.8 Å². The van der Waals surface area contributed by atoms with Gasteiger partial charge in [0.2, 0.25) is 6.41 Å². The van der Waals surface area contributed by atoms with Gasteiger partial charge in [0, 0.05) is 76.0 Å². The van der Waals surface area contributed by atoms with E-state index in [1.807, 2.05) is 81.8 Å². The van der Waals surface area contributed by atoms with Crippen LogP contribution in [0.4, 0.5) is 17.1 Å². The summed E-state index contributed by atoms with van der Waals surface area (Å²) in [6.07, 6.45) is 4.89. The first kappa shape index (κ1) is 31.0. The van der Waals surface area contributed by atoms with E-state index in [1.54, 1.807) is 23.0 Å². The average Bonchev–Trinajstić information content (AvgIpc) is 3.42. The number of rotatable bonds is 7. The van der Waals surface area contributed by atoms with Crippen LogP contribution in [0.15, 0.2) is 72.9 Å². The van der Waals surface area contributed by atoms with E-state index in [-0.39, 0.29) is 5.92 Å². The predicted molar refractivity (Wildman–Crippen MR) is 169 cm³/mol. The van der Waals surface area contributed by atoms with Gasteiger partial charge in [-0.15, -0.1) is 0 Å². The van der Waals surface area contributed by atoms with E-state index in [0.717, 1.165) is 54.1 Å². The number of para-hydroxylation sites is 1. The number of carbonyl (C=O) groups excluding carboxylic acids is 1. The number of pyridine rings is 1. The van der Waals surface area contributed by atoms with Gasteiger partial charge in [-0.2, -0.15) is 0 Å². The predicted octanol–water partition coefficient (Wildman–Crippen LogP) is 5.13. The summed E-state index contributed by atoms with van der Waals surface area (Å²) < 4.78 is 2.07. The molecule has 9 heteroatoms. The van der Waals surface area contributed by atoms with Crippen LogP contribution < -0.4 is 15.5 Å². The van der Waals surface area contributed by atoms with E-state index in [2.05, 4.69) is 49.1 Å². The number of nitrogens with zero attached hydrogens (tertiary/aromatic N) is 4. The van der Waals surface area contributed by atoms with Crippen LogP contribution in [-0.4, -0.2) is 90.7 Å². The first-order chi connectivity index (χ1) is 19.5. The standard InChI is InChI=1S/C21H23N5O.C9H14N2.CH3.Sb/c1-23-17-9-3-2-8-16(17)19(22)20-18-10-4-5-12-26(18)21(24-20)15-7-6-11-25(13-15)14-27;1-10-8-4-6-9(7-5-8)11(2)3;;/h2-5,8-10,12,14-15,22-23H,6-7,11,13H2,1H3;4-7,10H,1-3H3;1H3;. The SMILES string of the molecule is CNc1ccc(N(C)C)cc1.CNc1ccccc1C(=N)c1nc(C2CCCN(C=O)C2)n2ccccc12.[CH3][Sb]. The first-order valence-corrected chi connectivity index (χ1v) is 15.9. The quantitative estimate of drug-likeness (QED) is 0.147. The number of hydrogen-bond acceptors (Lipinski definition) is 6. The van der Waals surface area contributed by atoms with Crippen molar-refractivity contribution in [2.24, 2.45) is 0 Å². The van der Waals surface area contributed by atoms with Crippen molar-refractivity contribution in [3.63, 3.8) is 0 Å². The molecule has 2 aromatic carbocycles. The summed E-state index contributed by atoms with van der Waals surface area (Å²) in [6.45, 7) is 1.49. The number of benzene rings is 2. The number of likely N-dealkylation sites (tertiary alicyclic amines) is 1. The maximum atomic E-state index is 11.2. The van der Waals surface area contributed by atoms with E-state index < -0.39 is 0 Å². The van der Waals surface area contributed by atoms with Crippen molar-refractivity contribution in [1.29, 1.82) is 5.41 Å². The van der Waals surface area contributed by atoms with Crippen molar-refractivity contribution >= 4 is 57.7 Å². The van der Waals surface area contributed by atoms with E-state index in [9.17, 15) is 4.79 Å². The summed E-state index contributed by atoms with van der Waals surface area (Å²) in [4.78, 5) is 22.1. The number of nitrogens with one attached hydrogen (secondary N) is 3. The summed E-state index contributed by atoms with van der Waals surface area (Å²) in [5, 5.41) is 15.0. The molecule has 40 heavy (non-hydrogen) atoms. The number of aromatic nitrogens is 2. The third kappa shape index (κ3) is 7.36. The molecule has 3 N–H and O–H groups in total. The number of piperidine rings is 1. The molecule has 8 nitrogen and oxygen atoms in total. The fourth-order valence-corrected chi connectivity index (χ4v) is 4.82. The van der Waals surface area contributed by atoms with Crippen molar-refractivity contribution < 1.29 is 4.79 Å². The Morgan fingerprint density at radius 2 is 1.73 bits per heavy atom. The molecule has 0 aliphatic carbocycles. The molecule has 1 saturated heterocycles. The number of hydrogen-bond donors (Lipinski definition) is 3. The molecule has 1 amide bonds. The van der Waals surface area contributed by atoms with Crippen LogP contribution in [0, 0.1) is 5.41 Å². The monoisotopic (exact) mass is 647 g/mol. The third-order valence-corrected chi connectivity index (χ3v) is 6.92. The molecule has 1 unspecified atom stereocenters. The zero-order valence-corrected chi connectivity index (χ0v) is 26.6. The molecule has 5 rings (SSSR count). The zero-order valence-electron chi connectivity index (χ0n) is 24.1. The molecule has 2 aromatic heterocycles. The van der Waals surface area contributed by atoms with Gasteiger partial charge >= 0.3 is 27.9 Å². The molecule has 1 aliphatic heterocycles. The number of imidazole rings is 1. The van der Waals surface area contributed by atoms with Gasteiger partial charge in [0.25, 0.3) is 0 Å². The van der Waals surface area contributed by atoms with Crippen LogP contribution in [0.2, 0.25) is 4.87 Å². The Bertz CT molecular complexity index is 1380. The van der Waals surface area contributed by atoms with Gasteiger partial charge in [0.15, 0.2) is 0 Å². The Labute approximate surface area is 251 Å². The van der Waals surface area contributed by atoms with Crippen molar-refractivity contribution in [1.82, 2.24) is 14.3 Å². The number of carbonyl (C=O) groups is 1. The van der Waals surface area contributed by atoms with Crippen LogP contribution >= 0.6 is 0 Å². The van der Waals surface area contributed by atoms with Gasteiger partial charge in [0.05, 0.1) is 11.2 Å². The van der Waals surface area contributed by atoms with Crippen LogP contribution in [0.1, 0.15) is 35.8 Å². The second-order valence-electron chi connectivity index (χ2n) is 9.58. The first-order valence-electron chi connectivity index (χ1n) is 13.4. The van der Waals surface area contributed by atoms with Gasteiger partial charge in [-0.1, -0.05) is 24.3 Å². The molecule has 0 spiro atoms. The van der Waals surface area contributed by atoms with E-state index in [0.29, 0.717) is 18.0 Å². The Kier molecular flexibility index (Phi) is 11.9. The Hall–Kier alpha value is -3.51. The number of anilines is 3. The summed E-state index contributed by atoms with van der Waals surface area (Å²) >= 11 is 1.75. The molecule has 210 valence electrons. The molecule has 3 heterocycles. The van der Waals surface area contributed by atoms with Gasteiger partial charge in [0.1, 0.15) is 11.5 Å². The van der Waals surface area contributed by atoms with Crippen LogP contribution in [0.3, 0.4) is 0 Å². The zero-order chi connectivity index (χ0) is 29.1. The number of fused-ring (bicyclic) bond motifs is 1. The van der Waals surface area contributed by atoms with Gasteiger partial charge in [-0.05, 0) is 55.3 Å². The van der Waals surface area contributed by atoms with E-state index in [1.165, 1.54) is 5.69 Å². The van der Waals surface area contributed by atoms with Gasteiger partial charge in [-0.3, -0.25) is 10.2 Å². The Morgan fingerprint density at radius 3 is 2.38 bits per heavy atom. The molecular weight excluding hydrogens is 608 g/mol. The Morgan fingerprint density at radius 1 is 1.02 bits per heavy atom. The minimum atomic E-state index is 0.181. The fourth-order valence-electron chi connectivity index (χ4n) is 4.82.